The molecule has 0 spiro atoms. The van der Waals surface area contributed by atoms with E-state index in [1.165, 1.54) is 6.42 Å². The van der Waals surface area contributed by atoms with E-state index in [4.69, 9.17) is 4.74 Å². The van der Waals surface area contributed by atoms with Crippen molar-refractivity contribution in [1.82, 2.24) is 9.97 Å². The molecule has 158 valence electrons. The predicted octanol–water partition coefficient (Wildman–Crippen LogP) is 4.56. The van der Waals surface area contributed by atoms with E-state index < -0.39 is 5.56 Å². The van der Waals surface area contributed by atoms with Gasteiger partial charge in [0.1, 0.15) is 24.3 Å². The van der Waals surface area contributed by atoms with Gasteiger partial charge in [0.2, 0.25) is 0 Å². The van der Waals surface area contributed by atoms with E-state index in [-0.39, 0.29) is 11.6 Å². The van der Waals surface area contributed by atoms with Gasteiger partial charge in [0.25, 0.3) is 5.56 Å². The van der Waals surface area contributed by atoms with Crippen molar-refractivity contribution in [3.8, 4) is 11.8 Å². The number of nitriles is 1. The van der Waals surface area contributed by atoms with Gasteiger partial charge in [-0.15, -0.1) is 0 Å². The van der Waals surface area contributed by atoms with Crippen LogP contribution in [0.25, 0.3) is 0 Å². The van der Waals surface area contributed by atoms with Gasteiger partial charge < -0.3 is 15.0 Å². The van der Waals surface area contributed by atoms with Crippen LogP contribution in [-0.2, 0) is 13.0 Å². The predicted molar refractivity (Wildman–Crippen MR) is 120 cm³/mol. The second-order valence-electron chi connectivity index (χ2n) is 7.89. The molecule has 2 N–H and O–H groups in total. The van der Waals surface area contributed by atoms with Gasteiger partial charge in [-0.2, -0.15) is 5.26 Å². The second-order valence-corrected chi connectivity index (χ2v) is 7.89. The van der Waals surface area contributed by atoms with E-state index in [0.717, 1.165) is 42.6 Å². The molecule has 1 fully saturated rings. The molecule has 0 unspecified atom stereocenters. The number of para-hydroxylation sites is 1. The van der Waals surface area contributed by atoms with E-state index >= 15 is 0 Å². The van der Waals surface area contributed by atoms with Crippen LogP contribution in [-0.4, -0.2) is 16.0 Å². The first-order valence-electron chi connectivity index (χ1n) is 10.8. The third-order valence-electron chi connectivity index (χ3n) is 5.59. The number of rotatable bonds is 7. The van der Waals surface area contributed by atoms with Crippen LogP contribution in [0.5, 0.6) is 5.75 Å². The van der Waals surface area contributed by atoms with Crippen LogP contribution in [0.2, 0.25) is 0 Å². The Kier molecular flexibility index (Phi) is 6.63. The average Bonchev–Trinajstić information content (AvgIpc) is 2.80. The first-order valence-corrected chi connectivity index (χ1v) is 10.8. The number of hydrogen-bond acceptors (Lipinski definition) is 5. The Morgan fingerprint density at radius 3 is 2.58 bits per heavy atom. The molecule has 6 heteroatoms. The van der Waals surface area contributed by atoms with Crippen molar-refractivity contribution in [1.29, 1.82) is 5.26 Å². The number of hydrogen-bond donors (Lipinski definition) is 2. The van der Waals surface area contributed by atoms with Crippen LogP contribution in [0.4, 0.5) is 5.82 Å². The Morgan fingerprint density at radius 2 is 1.81 bits per heavy atom. The minimum Gasteiger partial charge on any atom is -0.489 e. The standard InChI is InChI=1S/C25H26N4O2/c26-16-21-24(27-20-12-5-2-6-13-20)28-23(29-25(21)30)15-19-11-7-8-14-22(19)31-17-18-9-3-1-4-10-18/h1,3-4,7-11,14,20H,2,5-6,12-13,15,17H2,(H2,27,28,29,30). The Hall–Kier alpha value is -3.59. The first kappa shape index (κ1) is 20.7. The summed E-state index contributed by atoms with van der Waals surface area (Å²) in [5.41, 5.74) is 1.65. The van der Waals surface area contributed by atoms with Crippen molar-refractivity contribution in [2.75, 3.05) is 5.32 Å². The highest BCUT2D eigenvalue weighted by Gasteiger charge is 2.18. The molecule has 1 aromatic heterocycles. The smallest absolute Gasteiger partial charge is 0.271 e. The zero-order chi connectivity index (χ0) is 21.5. The van der Waals surface area contributed by atoms with E-state index in [1.807, 2.05) is 60.7 Å². The molecule has 6 nitrogen and oxygen atoms in total. The average molecular weight is 415 g/mol. The molecular weight excluding hydrogens is 388 g/mol. The van der Waals surface area contributed by atoms with Gasteiger partial charge in [-0.25, -0.2) is 4.98 Å². The van der Waals surface area contributed by atoms with Gasteiger partial charge in [0, 0.05) is 18.0 Å². The quantitative estimate of drug-likeness (QED) is 0.592. The van der Waals surface area contributed by atoms with Gasteiger partial charge in [0.05, 0.1) is 0 Å². The van der Waals surface area contributed by atoms with Crippen LogP contribution >= 0.6 is 0 Å². The number of aromatic amines is 1. The maximum absolute atomic E-state index is 12.5. The number of nitrogens with zero attached hydrogens (tertiary/aromatic N) is 2. The van der Waals surface area contributed by atoms with Gasteiger partial charge >= 0.3 is 0 Å². The van der Waals surface area contributed by atoms with Crippen LogP contribution in [0, 0.1) is 11.3 Å². The molecule has 0 bridgehead atoms. The number of ether oxygens (including phenoxy) is 1. The summed E-state index contributed by atoms with van der Waals surface area (Å²) >= 11 is 0. The van der Waals surface area contributed by atoms with Crippen LogP contribution in [0.15, 0.2) is 59.4 Å². The fourth-order valence-corrected chi connectivity index (χ4v) is 3.96. The topological polar surface area (TPSA) is 90.8 Å². The summed E-state index contributed by atoms with van der Waals surface area (Å²) in [6, 6.07) is 20.0. The van der Waals surface area contributed by atoms with E-state index in [2.05, 4.69) is 15.3 Å². The minimum absolute atomic E-state index is 0.0444. The summed E-state index contributed by atoms with van der Waals surface area (Å²) in [4.78, 5) is 19.9. The molecule has 1 aliphatic rings. The molecule has 0 saturated heterocycles. The van der Waals surface area contributed by atoms with Gasteiger partial charge in [0.15, 0.2) is 11.4 Å². The molecule has 0 aliphatic heterocycles. The number of H-pyrrole nitrogens is 1. The molecule has 0 amide bonds. The van der Waals surface area contributed by atoms with Crippen molar-refractivity contribution < 1.29 is 4.74 Å². The zero-order valence-corrected chi connectivity index (χ0v) is 17.4. The molecule has 1 saturated carbocycles. The molecule has 3 aromatic rings. The maximum atomic E-state index is 12.5. The lowest BCUT2D eigenvalue weighted by Crippen LogP contribution is -2.26. The number of anilines is 1. The molecule has 1 heterocycles. The van der Waals surface area contributed by atoms with Crippen LogP contribution in [0.3, 0.4) is 0 Å². The van der Waals surface area contributed by atoms with Crippen molar-refractivity contribution in [2.45, 2.75) is 51.2 Å². The summed E-state index contributed by atoms with van der Waals surface area (Å²) in [5, 5.41) is 12.8. The Balaban J connectivity index is 1.55. The normalized spacial score (nSPS) is 14.0. The number of aromatic nitrogens is 2. The Morgan fingerprint density at radius 1 is 1.06 bits per heavy atom. The summed E-state index contributed by atoms with van der Waals surface area (Å²) in [6.07, 6.45) is 6.02. The van der Waals surface area contributed by atoms with E-state index in [9.17, 15) is 10.1 Å². The third-order valence-corrected chi connectivity index (χ3v) is 5.59. The van der Waals surface area contributed by atoms with Crippen molar-refractivity contribution >= 4 is 5.82 Å². The fourth-order valence-electron chi connectivity index (χ4n) is 3.96. The zero-order valence-electron chi connectivity index (χ0n) is 17.4. The summed E-state index contributed by atoms with van der Waals surface area (Å²) in [6.45, 7) is 0.462. The lowest BCUT2D eigenvalue weighted by Gasteiger charge is -2.23. The minimum atomic E-state index is -0.409. The molecule has 0 atom stereocenters. The highest BCUT2D eigenvalue weighted by molar-refractivity contribution is 5.51. The van der Waals surface area contributed by atoms with Crippen molar-refractivity contribution in [2.24, 2.45) is 0 Å². The van der Waals surface area contributed by atoms with Crippen molar-refractivity contribution in [3.63, 3.8) is 0 Å². The maximum Gasteiger partial charge on any atom is 0.271 e. The largest absolute Gasteiger partial charge is 0.489 e. The number of nitrogens with one attached hydrogen (secondary N) is 2. The molecule has 4 rings (SSSR count). The van der Waals surface area contributed by atoms with Crippen molar-refractivity contribution in [3.05, 3.63) is 87.5 Å². The summed E-state index contributed by atoms with van der Waals surface area (Å²) in [7, 11) is 0. The van der Waals surface area contributed by atoms with Gasteiger partial charge in [-0.3, -0.25) is 4.79 Å². The fraction of sp³-hybridized carbons (Fsp3) is 0.320. The molecule has 1 aliphatic carbocycles. The highest BCUT2D eigenvalue weighted by atomic mass is 16.5. The highest BCUT2D eigenvalue weighted by Crippen LogP contribution is 2.24. The lowest BCUT2D eigenvalue weighted by atomic mass is 9.95. The first-order chi connectivity index (χ1) is 15.2. The second kappa shape index (κ2) is 9.94. The van der Waals surface area contributed by atoms with Crippen LogP contribution < -0.4 is 15.6 Å². The molecule has 0 radical (unpaired) electrons. The lowest BCUT2D eigenvalue weighted by molar-refractivity contribution is 0.303. The molecule has 2 aromatic carbocycles. The van der Waals surface area contributed by atoms with Crippen LogP contribution in [0.1, 0.15) is 54.6 Å². The summed E-state index contributed by atoms with van der Waals surface area (Å²) < 4.78 is 6.03. The van der Waals surface area contributed by atoms with Gasteiger partial charge in [-0.1, -0.05) is 67.8 Å². The summed E-state index contributed by atoms with van der Waals surface area (Å²) in [5.74, 6) is 1.65. The van der Waals surface area contributed by atoms with Gasteiger partial charge in [-0.05, 0) is 24.5 Å². The Labute approximate surface area is 181 Å². The molecule has 31 heavy (non-hydrogen) atoms. The third kappa shape index (κ3) is 5.32. The Bertz CT molecular complexity index is 1110. The molecular formula is C25H26N4O2. The SMILES string of the molecule is N#Cc1c(NC2CCCCC2)nc(Cc2ccccc2OCc2ccccc2)[nH]c1=O. The monoisotopic (exact) mass is 414 g/mol. The number of benzene rings is 2. The van der Waals surface area contributed by atoms with E-state index in [1.54, 1.807) is 0 Å². The van der Waals surface area contributed by atoms with E-state index in [0.29, 0.717) is 24.7 Å².